The molecule has 0 aliphatic carbocycles. The molecule has 63 heavy (non-hydrogen) atoms. The average molecular weight is 877 g/mol. The van der Waals surface area contributed by atoms with E-state index < -0.39 is 6.10 Å². The average Bonchev–Trinajstić information content (AvgIpc) is 3.28. The predicted molar refractivity (Wildman–Crippen MR) is 270 cm³/mol. The summed E-state index contributed by atoms with van der Waals surface area (Å²) in [6.07, 6.45) is 65.8. The van der Waals surface area contributed by atoms with Crippen molar-refractivity contribution in [1.82, 2.24) is 0 Å². The van der Waals surface area contributed by atoms with E-state index in [1.807, 2.05) is 0 Å². The Bertz CT molecular complexity index is 1240. The monoisotopic (exact) mass is 877 g/mol. The van der Waals surface area contributed by atoms with Crippen LogP contribution in [-0.2, 0) is 28.6 Å². The van der Waals surface area contributed by atoms with Gasteiger partial charge in [-0.2, -0.15) is 0 Å². The molecule has 0 aromatic carbocycles. The summed E-state index contributed by atoms with van der Waals surface area (Å²) in [7, 11) is 0. The first-order chi connectivity index (χ1) is 31.0. The van der Waals surface area contributed by atoms with Crippen LogP contribution < -0.4 is 0 Å². The molecule has 0 saturated heterocycles. The molecular formula is C57H96O6. The minimum Gasteiger partial charge on any atom is -0.462 e. The number of rotatable bonds is 46. The van der Waals surface area contributed by atoms with E-state index in [-0.39, 0.29) is 44.0 Å². The molecule has 1 atom stereocenters. The van der Waals surface area contributed by atoms with Gasteiger partial charge in [-0.05, 0) is 96.3 Å². The van der Waals surface area contributed by atoms with E-state index in [1.165, 1.54) is 96.3 Å². The third-order valence-corrected chi connectivity index (χ3v) is 10.9. The van der Waals surface area contributed by atoms with E-state index >= 15 is 0 Å². The van der Waals surface area contributed by atoms with Crippen molar-refractivity contribution in [2.45, 2.75) is 245 Å². The van der Waals surface area contributed by atoms with Crippen LogP contribution in [0.25, 0.3) is 0 Å². The normalized spacial score (nSPS) is 12.7. The second kappa shape index (κ2) is 51.2. The Hall–Kier alpha value is -3.41. The lowest BCUT2D eigenvalue weighted by atomic mass is 10.1. The molecule has 6 heteroatoms. The van der Waals surface area contributed by atoms with Gasteiger partial charge in [-0.1, -0.05) is 209 Å². The van der Waals surface area contributed by atoms with Crippen molar-refractivity contribution < 1.29 is 28.6 Å². The van der Waals surface area contributed by atoms with E-state index in [0.29, 0.717) is 12.8 Å². The van der Waals surface area contributed by atoms with Crippen LogP contribution >= 0.6 is 0 Å². The Morgan fingerprint density at radius 3 is 1.13 bits per heavy atom. The fraction of sp³-hybridized carbons (Fsp3) is 0.702. The van der Waals surface area contributed by atoms with Crippen LogP contribution in [0.5, 0.6) is 0 Å². The first-order valence-electron chi connectivity index (χ1n) is 26.1. The molecule has 0 aromatic heterocycles. The fourth-order valence-corrected chi connectivity index (χ4v) is 6.98. The van der Waals surface area contributed by atoms with Crippen molar-refractivity contribution in [2.24, 2.45) is 0 Å². The zero-order chi connectivity index (χ0) is 45.8. The van der Waals surface area contributed by atoms with Gasteiger partial charge in [-0.3, -0.25) is 14.4 Å². The number of hydrogen-bond acceptors (Lipinski definition) is 6. The lowest BCUT2D eigenvalue weighted by molar-refractivity contribution is -0.167. The van der Waals surface area contributed by atoms with Crippen LogP contribution in [-0.4, -0.2) is 37.2 Å². The van der Waals surface area contributed by atoms with Crippen LogP contribution in [0.1, 0.15) is 239 Å². The summed E-state index contributed by atoms with van der Waals surface area (Å²) < 4.78 is 16.7. The Morgan fingerprint density at radius 1 is 0.349 bits per heavy atom. The van der Waals surface area contributed by atoms with Crippen molar-refractivity contribution in [3.05, 3.63) is 85.1 Å². The van der Waals surface area contributed by atoms with Crippen molar-refractivity contribution in [2.75, 3.05) is 13.2 Å². The highest BCUT2D eigenvalue weighted by Crippen LogP contribution is 2.13. The molecule has 0 rings (SSSR count). The molecule has 0 N–H and O–H groups in total. The molecule has 0 aromatic rings. The Labute approximate surface area is 388 Å². The number of unbranched alkanes of at least 4 members (excludes halogenated alkanes) is 23. The number of carbonyl (C=O) groups is 3. The number of ether oxygens (including phenoxy) is 3. The fourth-order valence-electron chi connectivity index (χ4n) is 6.98. The molecule has 6 nitrogen and oxygen atoms in total. The molecule has 0 aliphatic heterocycles. The first kappa shape index (κ1) is 59.6. The molecule has 360 valence electrons. The highest BCUT2D eigenvalue weighted by atomic mass is 16.6. The maximum absolute atomic E-state index is 12.8. The maximum atomic E-state index is 12.8. The van der Waals surface area contributed by atoms with Crippen LogP contribution in [0.4, 0.5) is 0 Å². The lowest BCUT2D eigenvalue weighted by Gasteiger charge is -2.18. The molecule has 0 bridgehead atoms. The summed E-state index contributed by atoms with van der Waals surface area (Å²) in [5.41, 5.74) is 0. The summed E-state index contributed by atoms with van der Waals surface area (Å²) in [6.45, 7) is 6.42. The molecular weight excluding hydrogens is 781 g/mol. The van der Waals surface area contributed by atoms with Gasteiger partial charge in [0.2, 0.25) is 0 Å². The van der Waals surface area contributed by atoms with Gasteiger partial charge in [0.05, 0.1) is 0 Å². The van der Waals surface area contributed by atoms with Crippen LogP contribution in [0.2, 0.25) is 0 Å². The Morgan fingerprint density at radius 2 is 0.683 bits per heavy atom. The molecule has 0 fully saturated rings. The van der Waals surface area contributed by atoms with E-state index in [9.17, 15) is 14.4 Å². The Balaban J connectivity index is 4.48. The smallest absolute Gasteiger partial charge is 0.306 e. The number of esters is 3. The minimum atomic E-state index is -0.816. The van der Waals surface area contributed by atoms with Crippen molar-refractivity contribution in [3.63, 3.8) is 0 Å². The molecule has 0 spiro atoms. The van der Waals surface area contributed by atoms with Gasteiger partial charge in [0.25, 0.3) is 0 Å². The van der Waals surface area contributed by atoms with Gasteiger partial charge >= 0.3 is 17.9 Å². The van der Waals surface area contributed by atoms with E-state index in [2.05, 4.69) is 106 Å². The zero-order valence-corrected chi connectivity index (χ0v) is 41.1. The van der Waals surface area contributed by atoms with Gasteiger partial charge in [-0.15, -0.1) is 0 Å². The van der Waals surface area contributed by atoms with Gasteiger partial charge in [0.15, 0.2) is 6.10 Å². The standard InChI is InChI=1S/C57H96O6/c1-4-7-10-13-16-19-22-24-26-28-29-31-32-35-38-41-44-47-50-56(59)62-53-54(52-61-55(58)49-46-43-40-37-34-21-18-15-12-9-6-3)63-57(60)51-48-45-42-39-36-33-30-27-25-23-20-17-14-11-8-5-2/h9,12,18,21,26-31,33,36-37,40,54H,4-8,10-11,13-17,19-20,22-25,32,34-35,38-39,41-53H2,1-3H3/b12-9-,21-18-,28-26-,30-27-,31-29-,36-33-,40-37-. The summed E-state index contributed by atoms with van der Waals surface area (Å²) in [5, 5.41) is 0. The predicted octanol–water partition coefficient (Wildman–Crippen LogP) is 17.2. The molecule has 0 aliphatic rings. The third kappa shape index (κ3) is 49.5. The summed E-state index contributed by atoms with van der Waals surface area (Å²) in [6, 6.07) is 0. The van der Waals surface area contributed by atoms with Gasteiger partial charge < -0.3 is 14.2 Å². The maximum Gasteiger partial charge on any atom is 0.306 e. The SMILES string of the molecule is CC/C=C\C/C=C\C/C=C\CCCC(=O)OCC(COC(=O)CCCCCCC/C=C\C=C/CCCCCCCCC)OC(=O)CCCCC/C=C\C=C/CCCCCCCCC. The highest BCUT2D eigenvalue weighted by Gasteiger charge is 2.19. The quantitative estimate of drug-likeness (QED) is 0.0199. The largest absolute Gasteiger partial charge is 0.462 e. The number of carbonyl (C=O) groups excluding carboxylic acids is 3. The minimum absolute atomic E-state index is 0.112. The van der Waals surface area contributed by atoms with E-state index in [0.717, 1.165) is 96.3 Å². The van der Waals surface area contributed by atoms with Gasteiger partial charge in [-0.25, -0.2) is 0 Å². The van der Waals surface area contributed by atoms with Gasteiger partial charge in [0.1, 0.15) is 13.2 Å². The highest BCUT2D eigenvalue weighted by molar-refractivity contribution is 5.71. The second-order valence-corrected chi connectivity index (χ2v) is 17.1. The van der Waals surface area contributed by atoms with Crippen LogP contribution in [0.3, 0.4) is 0 Å². The van der Waals surface area contributed by atoms with E-state index in [1.54, 1.807) is 0 Å². The molecule has 1 unspecified atom stereocenters. The molecule has 0 saturated carbocycles. The molecule has 0 radical (unpaired) electrons. The second-order valence-electron chi connectivity index (χ2n) is 17.1. The van der Waals surface area contributed by atoms with Crippen molar-refractivity contribution in [3.8, 4) is 0 Å². The lowest BCUT2D eigenvalue weighted by Crippen LogP contribution is -2.30. The van der Waals surface area contributed by atoms with Crippen molar-refractivity contribution in [1.29, 1.82) is 0 Å². The summed E-state index contributed by atoms with van der Waals surface area (Å²) in [4.78, 5) is 37.9. The van der Waals surface area contributed by atoms with Crippen molar-refractivity contribution >= 4 is 17.9 Å². The molecule has 0 heterocycles. The van der Waals surface area contributed by atoms with Crippen LogP contribution in [0.15, 0.2) is 85.1 Å². The summed E-state index contributed by atoms with van der Waals surface area (Å²) in [5.74, 6) is -1.01. The topological polar surface area (TPSA) is 78.9 Å². The van der Waals surface area contributed by atoms with E-state index in [4.69, 9.17) is 14.2 Å². The number of hydrogen-bond donors (Lipinski definition) is 0. The Kier molecular flexibility index (Phi) is 48.5. The van der Waals surface area contributed by atoms with Gasteiger partial charge in [0, 0.05) is 19.3 Å². The third-order valence-electron chi connectivity index (χ3n) is 10.9. The molecule has 0 amide bonds. The zero-order valence-electron chi connectivity index (χ0n) is 41.1. The first-order valence-corrected chi connectivity index (χ1v) is 26.1. The summed E-state index contributed by atoms with van der Waals surface area (Å²) >= 11 is 0. The number of allylic oxidation sites excluding steroid dienone is 14. The van der Waals surface area contributed by atoms with Crippen LogP contribution in [0, 0.1) is 0 Å².